The second-order valence-corrected chi connectivity index (χ2v) is 4.66. The number of aryl methyl sites for hydroxylation is 2. The molecule has 0 N–H and O–H groups in total. The molecule has 0 aliphatic heterocycles. The van der Waals surface area contributed by atoms with Crippen molar-refractivity contribution >= 4 is 10.8 Å². The van der Waals surface area contributed by atoms with Gasteiger partial charge in [0.15, 0.2) is 0 Å². The zero-order chi connectivity index (χ0) is 12.3. The van der Waals surface area contributed by atoms with Crippen LogP contribution in [0.15, 0.2) is 30.3 Å². The normalized spacial score (nSPS) is 11.0. The van der Waals surface area contributed by atoms with E-state index in [2.05, 4.69) is 26.0 Å². The molecule has 0 heterocycles. The van der Waals surface area contributed by atoms with Gasteiger partial charge in [-0.3, -0.25) is 0 Å². The van der Waals surface area contributed by atoms with E-state index in [9.17, 15) is 4.39 Å². The van der Waals surface area contributed by atoms with Crippen LogP contribution in [0, 0.1) is 12.7 Å². The molecule has 0 nitrogen and oxygen atoms in total. The van der Waals surface area contributed by atoms with Crippen molar-refractivity contribution in [3.8, 4) is 0 Å². The molecule has 17 heavy (non-hydrogen) atoms. The van der Waals surface area contributed by atoms with Gasteiger partial charge in [-0.05, 0) is 47.7 Å². The van der Waals surface area contributed by atoms with Crippen molar-refractivity contribution in [3.63, 3.8) is 0 Å². The molecule has 0 saturated heterocycles. The summed E-state index contributed by atoms with van der Waals surface area (Å²) in [4.78, 5) is 0. The largest absolute Gasteiger partial charge is 0.207 e. The minimum absolute atomic E-state index is 0.0529. The van der Waals surface area contributed by atoms with E-state index >= 15 is 0 Å². The van der Waals surface area contributed by atoms with Crippen LogP contribution >= 0.6 is 0 Å². The average Bonchev–Trinajstić information content (AvgIpc) is 2.33. The molecule has 0 bridgehead atoms. The second-order valence-electron chi connectivity index (χ2n) is 4.66. The van der Waals surface area contributed by atoms with Crippen LogP contribution in [0.2, 0.25) is 0 Å². The Bertz CT molecular complexity index is 514. The fraction of sp³-hybridized carbons (Fsp3) is 0.375. The van der Waals surface area contributed by atoms with Gasteiger partial charge in [0, 0.05) is 0 Å². The van der Waals surface area contributed by atoms with Crippen LogP contribution < -0.4 is 0 Å². The highest BCUT2D eigenvalue weighted by molar-refractivity contribution is 5.88. The summed E-state index contributed by atoms with van der Waals surface area (Å²) >= 11 is 0. The van der Waals surface area contributed by atoms with Crippen molar-refractivity contribution in [2.24, 2.45) is 0 Å². The molecule has 2 aromatic carbocycles. The zero-order valence-corrected chi connectivity index (χ0v) is 10.6. The maximum atomic E-state index is 13.9. The number of benzene rings is 2. The fourth-order valence-electron chi connectivity index (χ4n) is 2.42. The molecule has 0 fully saturated rings. The molecule has 0 atom stereocenters. The lowest BCUT2D eigenvalue weighted by Gasteiger charge is -2.10. The van der Waals surface area contributed by atoms with E-state index in [0.717, 1.165) is 29.2 Å². The van der Waals surface area contributed by atoms with Gasteiger partial charge >= 0.3 is 0 Å². The van der Waals surface area contributed by atoms with Gasteiger partial charge in [-0.1, -0.05) is 44.0 Å². The Morgan fingerprint density at radius 1 is 1.06 bits per heavy atom. The number of halogens is 1. The first-order valence-electron chi connectivity index (χ1n) is 6.40. The van der Waals surface area contributed by atoms with E-state index in [0.29, 0.717) is 0 Å². The van der Waals surface area contributed by atoms with Crippen LogP contribution in [-0.2, 0) is 6.42 Å². The average molecular weight is 230 g/mol. The number of hydrogen-bond donors (Lipinski definition) is 0. The molecule has 0 aliphatic rings. The summed E-state index contributed by atoms with van der Waals surface area (Å²) in [5.41, 5.74) is 2.07. The predicted octanol–water partition coefficient (Wildman–Crippen LogP) is 5.02. The van der Waals surface area contributed by atoms with Crippen molar-refractivity contribution < 1.29 is 4.39 Å². The molecule has 2 aromatic rings. The highest BCUT2D eigenvalue weighted by Crippen LogP contribution is 2.26. The quantitative estimate of drug-likeness (QED) is 0.647. The van der Waals surface area contributed by atoms with Crippen LogP contribution in [0.3, 0.4) is 0 Å². The number of fused-ring (bicyclic) bond motifs is 1. The van der Waals surface area contributed by atoms with Crippen LogP contribution in [0.25, 0.3) is 10.8 Å². The minimum Gasteiger partial charge on any atom is -0.207 e. The molecule has 90 valence electrons. The Balaban J connectivity index is 2.47. The van der Waals surface area contributed by atoms with Gasteiger partial charge in [0.05, 0.1) is 0 Å². The molecule has 1 heteroatoms. The SMILES string of the molecule is CCCCCc1c(F)ccc2cccc(C)c12. The summed E-state index contributed by atoms with van der Waals surface area (Å²) in [6.45, 7) is 4.23. The van der Waals surface area contributed by atoms with E-state index in [4.69, 9.17) is 0 Å². The number of hydrogen-bond acceptors (Lipinski definition) is 0. The third-order valence-corrected chi connectivity index (χ3v) is 3.33. The number of rotatable bonds is 4. The van der Waals surface area contributed by atoms with Crippen molar-refractivity contribution in [2.45, 2.75) is 39.5 Å². The summed E-state index contributed by atoms with van der Waals surface area (Å²) < 4.78 is 13.9. The van der Waals surface area contributed by atoms with Crippen molar-refractivity contribution in [3.05, 3.63) is 47.3 Å². The smallest absolute Gasteiger partial charge is 0.127 e. The topological polar surface area (TPSA) is 0 Å². The first-order valence-corrected chi connectivity index (χ1v) is 6.40. The third kappa shape index (κ3) is 2.49. The molecule has 2 rings (SSSR count). The third-order valence-electron chi connectivity index (χ3n) is 3.33. The molecule has 0 amide bonds. The van der Waals surface area contributed by atoms with E-state index in [1.54, 1.807) is 6.07 Å². The fourth-order valence-corrected chi connectivity index (χ4v) is 2.42. The van der Waals surface area contributed by atoms with Crippen molar-refractivity contribution in [2.75, 3.05) is 0 Å². The maximum absolute atomic E-state index is 13.9. The van der Waals surface area contributed by atoms with E-state index in [1.807, 2.05) is 12.1 Å². The predicted molar refractivity (Wildman–Crippen MR) is 71.9 cm³/mol. The van der Waals surface area contributed by atoms with Gasteiger partial charge in [0.1, 0.15) is 5.82 Å². The lowest BCUT2D eigenvalue weighted by molar-refractivity contribution is 0.602. The molecular weight excluding hydrogens is 211 g/mol. The summed E-state index contributed by atoms with van der Waals surface area (Å²) in [6, 6.07) is 9.63. The summed E-state index contributed by atoms with van der Waals surface area (Å²) in [6.07, 6.45) is 4.26. The van der Waals surface area contributed by atoms with Crippen molar-refractivity contribution in [1.29, 1.82) is 0 Å². The van der Waals surface area contributed by atoms with E-state index < -0.39 is 0 Å². The van der Waals surface area contributed by atoms with E-state index in [-0.39, 0.29) is 5.82 Å². The van der Waals surface area contributed by atoms with Gasteiger partial charge in [0.2, 0.25) is 0 Å². The van der Waals surface area contributed by atoms with Gasteiger partial charge < -0.3 is 0 Å². The Morgan fingerprint density at radius 2 is 1.88 bits per heavy atom. The highest BCUT2D eigenvalue weighted by atomic mass is 19.1. The maximum Gasteiger partial charge on any atom is 0.127 e. The monoisotopic (exact) mass is 230 g/mol. The van der Waals surface area contributed by atoms with Crippen LogP contribution in [-0.4, -0.2) is 0 Å². The molecule has 0 radical (unpaired) electrons. The lowest BCUT2D eigenvalue weighted by Crippen LogP contribution is -1.94. The van der Waals surface area contributed by atoms with E-state index in [1.165, 1.54) is 18.4 Å². The van der Waals surface area contributed by atoms with Crippen molar-refractivity contribution in [1.82, 2.24) is 0 Å². The number of unbranched alkanes of at least 4 members (excludes halogenated alkanes) is 2. The summed E-state index contributed by atoms with van der Waals surface area (Å²) in [5.74, 6) is -0.0529. The van der Waals surface area contributed by atoms with Crippen LogP contribution in [0.1, 0.15) is 37.3 Å². The molecule has 0 aromatic heterocycles. The Morgan fingerprint density at radius 3 is 2.65 bits per heavy atom. The summed E-state index contributed by atoms with van der Waals surface area (Å²) in [7, 11) is 0. The second kappa shape index (κ2) is 5.31. The van der Waals surface area contributed by atoms with Gasteiger partial charge in [-0.25, -0.2) is 4.39 Å². The minimum atomic E-state index is -0.0529. The molecular formula is C16H19F. The molecule has 0 aliphatic carbocycles. The van der Waals surface area contributed by atoms with Crippen LogP contribution in [0.5, 0.6) is 0 Å². The summed E-state index contributed by atoms with van der Waals surface area (Å²) in [5, 5.41) is 2.27. The Labute approximate surface area is 102 Å². The molecule has 0 spiro atoms. The first-order chi connectivity index (χ1) is 8.24. The molecule has 0 saturated carbocycles. The first kappa shape index (κ1) is 12.1. The van der Waals surface area contributed by atoms with Gasteiger partial charge in [0.25, 0.3) is 0 Å². The van der Waals surface area contributed by atoms with Gasteiger partial charge in [-0.2, -0.15) is 0 Å². The van der Waals surface area contributed by atoms with Gasteiger partial charge in [-0.15, -0.1) is 0 Å². The highest BCUT2D eigenvalue weighted by Gasteiger charge is 2.08. The standard InChI is InChI=1S/C16H19F/c1-3-4-5-9-14-15(17)11-10-13-8-6-7-12(2)16(13)14/h6-8,10-11H,3-5,9H2,1-2H3. The lowest BCUT2D eigenvalue weighted by atomic mass is 9.96. The zero-order valence-electron chi connectivity index (χ0n) is 10.6. The Kier molecular flexibility index (Phi) is 3.78. The Hall–Kier alpha value is -1.37. The molecule has 0 unspecified atom stereocenters. The van der Waals surface area contributed by atoms with Crippen LogP contribution in [0.4, 0.5) is 4.39 Å².